The number of halogens is 2. The summed E-state index contributed by atoms with van der Waals surface area (Å²) in [7, 11) is 2.07. The summed E-state index contributed by atoms with van der Waals surface area (Å²) in [5, 5.41) is 10.7. The van der Waals surface area contributed by atoms with Gasteiger partial charge in [-0.3, -0.25) is 9.88 Å². The molecule has 3 aliphatic heterocycles. The van der Waals surface area contributed by atoms with Crippen LogP contribution in [0.15, 0.2) is 12.4 Å². The molecule has 0 bridgehead atoms. The van der Waals surface area contributed by atoms with Crippen LogP contribution in [0.1, 0.15) is 16.7 Å². The van der Waals surface area contributed by atoms with Crippen molar-refractivity contribution in [1.82, 2.24) is 19.9 Å². The molecule has 0 spiro atoms. The number of benzene rings is 1. The van der Waals surface area contributed by atoms with E-state index in [0.29, 0.717) is 36.6 Å². The van der Waals surface area contributed by atoms with Gasteiger partial charge in [0.15, 0.2) is 11.6 Å². The minimum atomic E-state index is -0.613. The molecule has 2 atom stereocenters. The Morgan fingerprint density at radius 3 is 2.84 bits per heavy atom. The monoisotopic (exact) mass is 521 g/mol. The second kappa shape index (κ2) is 8.26. The first kappa shape index (κ1) is 22.7. The molecule has 2 fully saturated rings. The molecule has 0 saturated carbocycles. The number of ether oxygens (including phenoxy) is 2. The first-order chi connectivity index (χ1) is 18.0. The second-order valence-corrected chi connectivity index (χ2v) is 10.6. The van der Waals surface area contributed by atoms with Crippen molar-refractivity contribution in [3.8, 4) is 17.3 Å². The highest BCUT2D eigenvalue weighted by Crippen LogP contribution is 2.45. The van der Waals surface area contributed by atoms with Crippen LogP contribution in [0.3, 0.4) is 0 Å². The SMILES string of the molecule is CN1CCOC2CN(c3ncc4c5c(c(-c6ncc(F)c7sc(N)c(C#N)c67)c(F)c4n3)COC5)CC21. The summed E-state index contributed by atoms with van der Waals surface area (Å²) in [5.74, 6) is -0.808. The highest BCUT2D eigenvalue weighted by molar-refractivity contribution is 7.23. The van der Waals surface area contributed by atoms with E-state index in [4.69, 9.17) is 15.2 Å². The fourth-order valence-electron chi connectivity index (χ4n) is 5.71. The quantitative estimate of drug-likeness (QED) is 0.425. The lowest BCUT2D eigenvalue weighted by molar-refractivity contribution is -0.0362. The fraction of sp³-hybridized carbons (Fsp3) is 0.360. The summed E-state index contributed by atoms with van der Waals surface area (Å²) < 4.78 is 42.9. The third-order valence-corrected chi connectivity index (χ3v) is 8.62. The van der Waals surface area contributed by atoms with Crippen molar-refractivity contribution in [2.45, 2.75) is 25.4 Å². The minimum absolute atomic E-state index is 0.0389. The van der Waals surface area contributed by atoms with E-state index in [2.05, 4.69) is 26.9 Å². The lowest BCUT2D eigenvalue weighted by Crippen LogP contribution is -2.48. The van der Waals surface area contributed by atoms with E-state index in [0.717, 1.165) is 29.6 Å². The number of likely N-dealkylation sites (N-methyl/N-ethyl adjacent to an activating group) is 1. The van der Waals surface area contributed by atoms with Crippen molar-refractivity contribution in [2.24, 2.45) is 0 Å². The van der Waals surface area contributed by atoms with Crippen LogP contribution in [-0.4, -0.2) is 65.3 Å². The molecule has 1 aromatic carbocycles. The van der Waals surface area contributed by atoms with Crippen LogP contribution in [-0.2, 0) is 22.7 Å². The van der Waals surface area contributed by atoms with Gasteiger partial charge >= 0.3 is 0 Å². The van der Waals surface area contributed by atoms with E-state index in [-0.39, 0.29) is 62.8 Å². The van der Waals surface area contributed by atoms with Crippen molar-refractivity contribution in [2.75, 3.05) is 43.9 Å². The van der Waals surface area contributed by atoms with Gasteiger partial charge in [0.05, 0.1) is 54.1 Å². The van der Waals surface area contributed by atoms with Crippen LogP contribution in [0.2, 0.25) is 0 Å². The zero-order chi connectivity index (χ0) is 25.4. The lowest BCUT2D eigenvalue weighted by atomic mass is 9.94. The van der Waals surface area contributed by atoms with Gasteiger partial charge in [0, 0.05) is 42.2 Å². The normalized spacial score (nSPS) is 21.5. The maximum atomic E-state index is 16.5. The van der Waals surface area contributed by atoms with E-state index in [9.17, 15) is 9.65 Å². The van der Waals surface area contributed by atoms with E-state index in [1.807, 2.05) is 11.0 Å². The molecule has 3 aromatic heterocycles. The van der Waals surface area contributed by atoms with Gasteiger partial charge in [0.2, 0.25) is 5.95 Å². The number of hydrogen-bond donors (Lipinski definition) is 1. The molecule has 2 saturated heterocycles. The third-order valence-electron chi connectivity index (χ3n) is 7.59. The van der Waals surface area contributed by atoms with Crippen molar-refractivity contribution >= 4 is 43.3 Å². The number of rotatable bonds is 2. The molecule has 3 aliphatic rings. The highest BCUT2D eigenvalue weighted by Gasteiger charge is 2.40. The first-order valence-corrected chi connectivity index (χ1v) is 12.7. The van der Waals surface area contributed by atoms with Crippen molar-refractivity contribution in [3.05, 3.63) is 40.7 Å². The molecule has 4 aromatic rings. The first-order valence-electron chi connectivity index (χ1n) is 11.9. The number of fused-ring (bicyclic) bond motifs is 5. The molecule has 0 aliphatic carbocycles. The maximum absolute atomic E-state index is 16.5. The lowest BCUT2D eigenvalue weighted by Gasteiger charge is -2.33. The standard InChI is InChI=1S/C25H21F2N7O2S/c1-33-2-3-36-17-8-34(7-16(17)33)25-31-5-12-13-9-35-10-14(13)18(20(27)21(12)32-25)22-19-11(4-28)24(29)37-23(19)15(26)6-30-22/h5-6,16-17H,2-3,7-10,29H2,1H3. The minimum Gasteiger partial charge on any atom is -0.389 e. The molecule has 9 nitrogen and oxygen atoms in total. The van der Waals surface area contributed by atoms with E-state index >= 15 is 4.39 Å². The number of hydrogen-bond acceptors (Lipinski definition) is 10. The molecule has 7 rings (SSSR count). The molecule has 188 valence electrons. The zero-order valence-electron chi connectivity index (χ0n) is 19.8. The Morgan fingerprint density at radius 2 is 2.03 bits per heavy atom. The number of aromatic nitrogens is 3. The van der Waals surface area contributed by atoms with E-state index in [1.165, 1.54) is 0 Å². The van der Waals surface area contributed by atoms with E-state index in [1.54, 1.807) is 6.20 Å². The van der Waals surface area contributed by atoms with Crippen LogP contribution in [0.25, 0.3) is 32.2 Å². The van der Waals surface area contributed by atoms with Crippen LogP contribution < -0.4 is 10.6 Å². The number of thiophene rings is 1. The van der Waals surface area contributed by atoms with Gasteiger partial charge in [0.1, 0.15) is 16.6 Å². The van der Waals surface area contributed by atoms with Gasteiger partial charge in [-0.2, -0.15) is 5.26 Å². The molecule has 12 heteroatoms. The molecule has 0 radical (unpaired) electrons. The Hall–Kier alpha value is -3.50. The molecular weight excluding hydrogens is 500 g/mol. The number of nitrogen functional groups attached to an aromatic ring is 1. The number of nitrogens with two attached hydrogens (primary N) is 1. The molecule has 2 unspecified atom stereocenters. The Morgan fingerprint density at radius 1 is 1.19 bits per heavy atom. The number of pyridine rings is 1. The second-order valence-electron chi connectivity index (χ2n) is 9.55. The van der Waals surface area contributed by atoms with Crippen LogP contribution >= 0.6 is 11.3 Å². The Bertz CT molecular complexity index is 1650. The fourth-order valence-corrected chi connectivity index (χ4v) is 6.63. The van der Waals surface area contributed by atoms with Crippen molar-refractivity contribution in [1.29, 1.82) is 5.26 Å². The Balaban J connectivity index is 1.43. The summed E-state index contributed by atoms with van der Waals surface area (Å²) in [6, 6.07) is 2.25. The summed E-state index contributed by atoms with van der Waals surface area (Å²) in [6.07, 6.45) is 2.72. The maximum Gasteiger partial charge on any atom is 0.226 e. The van der Waals surface area contributed by atoms with Gasteiger partial charge in [-0.25, -0.2) is 18.7 Å². The molecule has 37 heavy (non-hydrogen) atoms. The number of morpholine rings is 1. The Labute approximate surface area is 214 Å². The average molecular weight is 522 g/mol. The smallest absolute Gasteiger partial charge is 0.226 e. The molecule has 0 amide bonds. The molecular formula is C25H21F2N7O2S. The molecule has 6 heterocycles. The van der Waals surface area contributed by atoms with Gasteiger partial charge in [-0.15, -0.1) is 11.3 Å². The third kappa shape index (κ3) is 3.25. The number of nitrogens with zero attached hydrogens (tertiary/aromatic N) is 6. The number of nitriles is 1. The summed E-state index contributed by atoms with van der Waals surface area (Å²) in [5.41, 5.74) is 7.90. The van der Waals surface area contributed by atoms with Crippen LogP contribution in [0.4, 0.5) is 19.7 Å². The van der Waals surface area contributed by atoms with Gasteiger partial charge in [-0.05, 0) is 18.2 Å². The van der Waals surface area contributed by atoms with Gasteiger partial charge in [0.25, 0.3) is 0 Å². The Kier molecular flexibility index (Phi) is 5.06. The van der Waals surface area contributed by atoms with Crippen molar-refractivity contribution < 1.29 is 18.3 Å². The molecule has 2 N–H and O–H groups in total. The van der Waals surface area contributed by atoms with Gasteiger partial charge < -0.3 is 20.1 Å². The highest BCUT2D eigenvalue weighted by atomic mass is 32.1. The van der Waals surface area contributed by atoms with Gasteiger partial charge in [-0.1, -0.05) is 0 Å². The summed E-state index contributed by atoms with van der Waals surface area (Å²) in [4.78, 5) is 17.8. The van der Waals surface area contributed by atoms with Crippen LogP contribution in [0.5, 0.6) is 0 Å². The van der Waals surface area contributed by atoms with Crippen LogP contribution in [0, 0.1) is 23.0 Å². The summed E-state index contributed by atoms with van der Waals surface area (Å²) >= 11 is 0.949. The zero-order valence-corrected chi connectivity index (χ0v) is 20.6. The topological polar surface area (TPSA) is 113 Å². The number of anilines is 2. The predicted octanol–water partition coefficient (Wildman–Crippen LogP) is 3.19. The van der Waals surface area contributed by atoms with E-state index < -0.39 is 11.6 Å². The predicted molar refractivity (Wildman–Crippen MR) is 134 cm³/mol. The largest absolute Gasteiger partial charge is 0.389 e. The van der Waals surface area contributed by atoms with Crippen molar-refractivity contribution in [3.63, 3.8) is 0 Å². The average Bonchev–Trinajstić information content (AvgIpc) is 3.62. The summed E-state index contributed by atoms with van der Waals surface area (Å²) in [6.45, 7) is 3.23.